The molecule has 120 valence electrons. The molecular weight excluding hydrogens is 358 g/mol. The van der Waals surface area contributed by atoms with Gasteiger partial charge < -0.3 is 0 Å². The molecule has 0 amide bonds. The number of hydrogen-bond acceptors (Lipinski definition) is 6. The Morgan fingerprint density at radius 3 is 2.92 bits per heavy atom. The van der Waals surface area contributed by atoms with Crippen molar-refractivity contribution in [2.45, 2.75) is 10.9 Å². The van der Waals surface area contributed by atoms with Gasteiger partial charge in [-0.05, 0) is 23.1 Å². The first kappa shape index (κ1) is 15.6. The first-order valence-electron chi connectivity index (χ1n) is 7.28. The van der Waals surface area contributed by atoms with Crippen LogP contribution in [0, 0.1) is 0 Å². The molecule has 4 aromatic heterocycles. The van der Waals surface area contributed by atoms with Crippen LogP contribution in [0.2, 0.25) is 0 Å². The van der Waals surface area contributed by atoms with Crippen LogP contribution >= 0.6 is 34.4 Å². The summed E-state index contributed by atoms with van der Waals surface area (Å²) in [5, 5.41) is 5.50. The molecule has 0 saturated heterocycles. The van der Waals surface area contributed by atoms with E-state index < -0.39 is 0 Å². The van der Waals surface area contributed by atoms with Gasteiger partial charge >= 0.3 is 0 Å². The Kier molecular flexibility index (Phi) is 4.22. The van der Waals surface area contributed by atoms with Crippen molar-refractivity contribution >= 4 is 44.7 Å². The number of thioether (sulfide) groups is 1. The highest BCUT2D eigenvalue weighted by molar-refractivity contribution is 7.98. The fraction of sp³-hybridized carbons (Fsp3) is 0.118. The summed E-state index contributed by atoms with van der Waals surface area (Å²) in [6.45, 7) is 0. The Hall–Kier alpha value is -1.96. The van der Waals surface area contributed by atoms with Crippen LogP contribution in [0.25, 0.3) is 20.7 Å². The second-order valence-corrected chi connectivity index (χ2v) is 7.96. The maximum Gasteiger partial charge on any atom is 0.263 e. The largest absolute Gasteiger partial charge is 0.290 e. The predicted molar refractivity (Wildman–Crippen MR) is 102 cm³/mol. The molecule has 0 atom stereocenters. The standard InChI is InChI=1S/C17H13N3OS3/c1-20-16(21)14-12(13-5-3-7-22-13)10-23-15(14)19-17(20)24-9-11-4-2-6-18-8-11/h2-8,10H,9H2,1H3. The van der Waals surface area contributed by atoms with Crippen LogP contribution in [-0.4, -0.2) is 14.5 Å². The van der Waals surface area contributed by atoms with E-state index in [0.29, 0.717) is 0 Å². The fourth-order valence-corrected chi connectivity index (χ4v) is 5.14. The summed E-state index contributed by atoms with van der Waals surface area (Å²) in [7, 11) is 1.79. The summed E-state index contributed by atoms with van der Waals surface area (Å²) >= 11 is 4.72. The molecule has 24 heavy (non-hydrogen) atoms. The molecule has 0 bridgehead atoms. The molecule has 7 heteroatoms. The molecule has 4 heterocycles. The second-order valence-electron chi connectivity index (χ2n) is 5.22. The zero-order valence-electron chi connectivity index (χ0n) is 12.8. The van der Waals surface area contributed by atoms with Gasteiger partial charge in [-0.2, -0.15) is 0 Å². The van der Waals surface area contributed by atoms with Gasteiger partial charge in [0.2, 0.25) is 0 Å². The third kappa shape index (κ3) is 2.79. The molecule has 0 unspecified atom stereocenters. The van der Waals surface area contributed by atoms with Crippen LogP contribution in [0.4, 0.5) is 0 Å². The number of rotatable bonds is 4. The molecule has 4 rings (SSSR count). The summed E-state index contributed by atoms with van der Waals surface area (Å²) in [6.07, 6.45) is 3.59. The van der Waals surface area contributed by atoms with E-state index in [2.05, 4.69) is 4.98 Å². The molecule has 0 aromatic carbocycles. The summed E-state index contributed by atoms with van der Waals surface area (Å²) in [4.78, 5) is 23.6. The van der Waals surface area contributed by atoms with Crippen molar-refractivity contribution in [1.29, 1.82) is 0 Å². The summed E-state index contributed by atoms with van der Waals surface area (Å²) in [5.41, 5.74) is 2.11. The monoisotopic (exact) mass is 371 g/mol. The number of hydrogen-bond donors (Lipinski definition) is 0. The van der Waals surface area contributed by atoms with Crippen molar-refractivity contribution < 1.29 is 0 Å². The van der Waals surface area contributed by atoms with Gasteiger partial charge in [0, 0.05) is 41.0 Å². The quantitative estimate of drug-likeness (QED) is 0.394. The van der Waals surface area contributed by atoms with Crippen molar-refractivity contribution in [3.63, 3.8) is 0 Å². The number of nitrogens with zero attached hydrogens (tertiary/aromatic N) is 3. The Labute approximate surface area is 150 Å². The SMILES string of the molecule is Cn1c(SCc2cccnc2)nc2scc(-c3cccs3)c2c1=O. The van der Waals surface area contributed by atoms with Gasteiger partial charge in [-0.3, -0.25) is 14.3 Å². The van der Waals surface area contributed by atoms with Gasteiger partial charge in [0.1, 0.15) is 4.83 Å². The fourth-order valence-electron chi connectivity index (χ4n) is 2.43. The normalized spacial score (nSPS) is 11.2. The van der Waals surface area contributed by atoms with E-state index in [1.54, 1.807) is 40.9 Å². The van der Waals surface area contributed by atoms with Crippen LogP contribution in [0.15, 0.2) is 57.4 Å². The third-order valence-electron chi connectivity index (χ3n) is 3.65. The van der Waals surface area contributed by atoms with E-state index in [4.69, 9.17) is 4.98 Å². The van der Waals surface area contributed by atoms with E-state index in [-0.39, 0.29) is 5.56 Å². The minimum absolute atomic E-state index is 0.0123. The number of fused-ring (bicyclic) bond motifs is 1. The third-order valence-corrected chi connectivity index (χ3v) is 6.53. The van der Waals surface area contributed by atoms with E-state index >= 15 is 0 Å². The lowest BCUT2D eigenvalue weighted by Crippen LogP contribution is -2.19. The van der Waals surface area contributed by atoms with E-state index in [9.17, 15) is 4.79 Å². The van der Waals surface area contributed by atoms with Crippen molar-refractivity contribution in [2.75, 3.05) is 0 Å². The highest BCUT2D eigenvalue weighted by Gasteiger charge is 2.16. The lowest BCUT2D eigenvalue weighted by molar-refractivity contribution is 0.728. The van der Waals surface area contributed by atoms with Crippen molar-refractivity contribution in [1.82, 2.24) is 14.5 Å². The van der Waals surface area contributed by atoms with Crippen LogP contribution in [0.5, 0.6) is 0 Å². The molecule has 4 aromatic rings. The maximum atomic E-state index is 12.8. The summed E-state index contributed by atoms with van der Waals surface area (Å²) in [5.74, 6) is 0.739. The van der Waals surface area contributed by atoms with Crippen molar-refractivity contribution in [3.8, 4) is 10.4 Å². The topological polar surface area (TPSA) is 47.8 Å². The Balaban J connectivity index is 1.74. The molecule has 0 saturated carbocycles. The highest BCUT2D eigenvalue weighted by atomic mass is 32.2. The van der Waals surface area contributed by atoms with Gasteiger partial charge in [-0.1, -0.05) is 23.9 Å². The Morgan fingerprint density at radius 1 is 1.25 bits per heavy atom. The molecule has 0 aliphatic carbocycles. The number of aromatic nitrogens is 3. The van der Waals surface area contributed by atoms with Gasteiger partial charge in [-0.25, -0.2) is 4.98 Å². The first-order chi connectivity index (χ1) is 11.7. The van der Waals surface area contributed by atoms with Gasteiger partial charge in [0.15, 0.2) is 5.16 Å². The number of thiophene rings is 2. The van der Waals surface area contributed by atoms with Crippen molar-refractivity contribution in [2.24, 2.45) is 7.05 Å². The van der Waals surface area contributed by atoms with E-state index in [1.165, 1.54) is 11.3 Å². The summed E-state index contributed by atoms with van der Waals surface area (Å²) < 4.78 is 1.65. The smallest absolute Gasteiger partial charge is 0.263 e. The molecule has 0 aliphatic rings. The Bertz CT molecular complexity index is 1040. The number of pyridine rings is 1. The zero-order chi connectivity index (χ0) is 16.5. The minimum atomic E-state index is 0.0123. The highest BCUT2D eigenvalue weighted by Crippen LogP contribution is 2.34. The first-order valence-corrected chi connectivity index (χ1v) is 10.0. The molecule has 0 fully saturated rings. The van der Waals surface area contributed by atoms with Crippen LogP contribution in [-0.2, 0) is 12.8 Å². The van der Waals surface area contributed by atoms with Gasteiger partial charge in [0.05, 0.1) is 5.39 Å². The molecule has 0 spiro atoms. The van der Waals surface area contributed by atoms with Gasteiger partial charge in [0.25, 0.3) is 5.56 Å². The maximum absolute atomic E-state index is 12.8. The Morgan fingerprint density at radius 2 is 2.17 bits per heavy atom. The minimum Gasteiger partial charge on any atom is -0.290 e. The lowest BCUT2D eigenvalue weighted by atomic mass is 10.2. The molecule has 0 radical (unpaired) electrons. The van der Waals surface area contributed by atoms with Gasteiger partial charge in [-0.15, -0.1) is 22.7 Å². The molecule has 4 nitrogen and oxygen atoms in total. The summed E-state index contributed by atoms with van der Waals surface area (Å²) in [6, 6.07) is 7.98. The van der Waals surface area contributed by atoms with E-state index in [0.717, 1.165) is 37.1 Å². The average Bonchev–Trinajstić information content (AvgIpc) is 3.27. The lowest BCUT2D eigenvalue weighted by Gasteiger charge is -2.07. The molecule has 0 aliphatic heterocycles. The molecular formula is C17H13N3OS3. The van der Waals surface area contributed by atoms with E-state index in [1.807, 2.05) is 41.2 Å². The second kappa shape index (κ2) is 6.51. The van der Waals surface area contributed by atoms with Crippen LogP contribution in [0.3, 0.4) is 0 Å². The zero-order valence-corrected chi connectivity index (χ0v) is 15.3. The van der Waals surface area contributed by atoms with Crippen LogP contribution < -0.4 is 5.56 Å². The van der Waals surface area contributed by atoms with Crippen molar-refractivity contribution in [3.05, 3.63) is 63.3 Å². The molecule has 0 N–H and O–H groups in total. The average molecular weight is 372 g/mol. The predicted octanol–water partition coefficient (Wildman–Crippen LogP) is 4.41. The van der Waals surface area contributed by atoms with Crippen LogP contribution in [0.1, 0.15) is 5.56 Å².